The molecule has 0 aliphatic carbocycles. The molecule has 0 unspecified atom stereocenters. The number of aromatic nitrogens is 3. The highest BCUT2D eigenvalue weighted by Gasteiger charge is 2.13. The van der Waals surface area contributed by atoms with E-state index in [2.05, 4.69) is 19.9 Å². The van der Waals surface area contributed by atoms with Gasteiger partial charge in [0.15, 0.2) is 5.82 Å². The van der Waals surface area contributed by atoms with Gasteiger partial charge < -0.3 is 0 Å². The first kappa shape index (κ1) is 17.9. The van der Waals surface area contributed by atoms with Crippen molar-refractivity contribution in [2.75, 3.05) is 12.3 Å². The molecule has 0 saturated heterocycles. The zero-order valence-corrected chi connectivity index (χ0v) is 15.4. The number of sulfonamides is 1. The number of H-pyrrole nitrogens is 1. The Morgan fingerprint density at radius 1 is 1.08 bits per heavy atom. The van der Waals surface area contributed by atoms with Crippen LogP contribution in [0.15, 0.2) is 64.6 Å². The zero-order chi connectivity index (χ0) is 17.7. The molecule has 0 bridgehead atoms. The summed E-state index contributed by atoms with van der Waals surface area (Å²) in [6.07, 6.45) is 0. The molecule has 9 heteroatoms. The Bertz CT molecular complexity index is 928. The molecule has 3 aromatic rings. The van der Waals surface area contributed by atoms with Gasteiger partial charge in [0.25, 0.3) is 0 Å². The molecule has 130 valence electrons. The summed E-state index contributed by atoms with van der Waals surface area (Å²) in [6, 6.07) is 15.7. The molecule has 25 heavy (non-hydrogen) atoms. The van der Waals surface area contributed by atoms with E-state index in [0.29, 0.717) is 21.8 Å². The maximum Gasteiger partial charge on any atom is 0.240 e. The summed E-state index contributed by atoms with van der Waals surface area (Å²) in [7, 11) is -3.54. The third kappa shape index (κ3) is 4.82. The smallest absolute Gasteiger partial charge is 0.240 e. The monoisotopic (exact) mass is 394 g/mol. The lowest BCUT2D eigenvalue weighted by molar-refractivity contribution is 0.584. The SMILES string of the molecule is O=S(=O)(NCCSc1n[nH]c(-c2ccccc2)n1)c1ccc(Cl)cc1. The number of nitrogens with zero attached hydrogens (tertiary/aromatic N) is 2. The number of rotatable bonds is 7. The molecular weight excluding hydrogens is 380 g/mol. The molecule has 0 aliphatic heterocycles. The van der Waals surface area contributed by atoms with E-state index in [1.54, 1.807) is 12.1 Å². The first-order chi connectivity index (χ1) is 12.0. The van der Waals surface area contributed by atoms with Crippen LogP contribution < -0.4 is 4.72 Å². The number of thioether (sulfide) groups is 1. The molecular formula is C16H15ClN4O2S2. The molecule has 1 heterocycles. The number of aromatic amines is 1. The van der Waals surface area contributed by atoms with Gasteiger partial charge in [0.2, 0.25) is 15.2 Å². The minimum absolute atomic E-state index is 0.186. The van der Waals surface area contributed by atoms with Crippen molar-refractivity contribution in [2.45, 2.75) is 10.1 Å². The topological polar surface area (TPSA) is 87.7 Å². The first-order valence-corrected chi connectivity index (χ1v) is 10.3. The minimum atomic E-state index is -3.54. The van der Waals surface area contributed by atoms with Crippen molar-refractivity contribution in [1.82, 2.24) is 19.9 Å². The fourth-order valence-electron chi connectivity index (χ4n) is 2.05. The van der Waals surface area contributed by atoms with E-state index in [9.17, 15) is 8.42 Å². The Morgan fingerprint density at radius 2 is 1.80 bits per heavy atom. The van der Waals surface area contributed by atoms with Gasteiger partial charge in [-0.3, -0.25) is 5.10 Å². The number of benzene rings is 2. The molecule has 0 aliphatic rings. The fraction of sp³-hybridized carbons (Fsp3) is 0.125. The van der Waals surface area contributed by atoms with Crippen LogP contribution in [-0.4, -0.2) is 35.9 Å². The molecule has 2 N–H and O–H groups in total. The number of nitrogens with one attached hydrogen (secondary N) is 2. The highest BCUT2D eigenvalue weighted by atomic mass is 35.5. The summed E-state index contributed by atoms with van der Waals surface area (Å²) in [5, 5.41) is 8.07. The summed E-state index contributed by atoms with van der Waals surface area (Å²) in [6.45, 7) is 0.269. The Balaban J connectivity index is 1.52. The van der Waals surface area contributed by atoms with E-state index >= 15 is 0 Å². The maximum absolute atomic E-state index is 12.1. The second-order valence-corrected chi connectivity index (χ2v) is 8.30. The molecule has 0 amide bonds. The van der Waals surface area contributed by atoms with Crippen LogP contribution in [0, 0.1) is 0 Å². The van der Waals surface area contributed by atoms with Crippen LogP contribution in [0.4, 0.5) is 0 Å². The van der Waals surface area contributed by atoms with Crippen LogP contribution in [0.1, 0.15) is 0 Å². The van der Waals surface area contributed by atoms with E-state index in [4.69, 9.17) is 11.6 Å². The van der Waals surface area contributed by atoms with Gasteiger partial charge in [0, 0.05) is 22.9 Å². The third-order valence-corrected chi connectivity index (χ3v) is 5.84. The van der Waals surface area contributed by atoms with Crippen molar-refractivity contribution in [3.05, 3.63) is 59.6 Å². The van der Waals surface area contributed by atoms with Gasteiger partial charge in [-0.05, 0) is 24.3 Å². The van der Waals surface area contributed by atoms with Gasteiger partial charge in [-0.25, -0.2) is 18.1 Å². The molecule has 1 aromatic heterocycles. The van der Waals surface area contributed by atoms with E-state index in [0.717, 1.165) is 5.56 Å². The minimum Gasteiger partial charge on any atom is -0.258 e. The van der Waals surface area contributed by atoms with Crippen molar-refractivity contribution in [1.29, 1.82) is 0 Å². The Kier molecular flexibility index (Phi) is 5.74. The second kappa shape index (κ2) is 8.01. The van der Waals surface area contributed by atoms with Crippen LogP contribution in [0.2, 0.25) is 5.02 Å². The lowest BCUT2D eigenvalue weighted by atomic mass is 10.2. The van der Waals surface area contributed by atoms with E-state index in [1.807, 2.05) is 30.3 Å². The van der Waals surface area contributed by atoms with Crippen molar-refractivity contribution in [2.24, 2.45) is 0 Å². The molecule has 0 saturated carbocycles. The third-order valence-electron chi connectivity index (χ3n) is 3.26. The molecule has 0 radical (unpaired) electrons. The van der Waals surface area contributed by atoms with Crippen LogP contribution in [0.3, 0.4) is 0 Å². The average Bonchev–Trinajstić information content (AvgIpc) is 3.09. The Morgan fingerprint density at radius 3 is 2.52 bits per heavy atom. The number of hydrogen-bond donors (Lipinski definition) is 2. The van der Waals surface area contributed by atoms with Crippen molar-refractivity contribution >= 4 is 33.4 Å². The molecule has 0 fully saturated rings. The van der Waals surface area contributed by atoms with Crippen molar-refractivity contribution in [3.63, 3.8) is 0 Å². The predicted octanol–water partition coefficient (Wildman–Crippen LogP) is 3.20. The first-order valence-electron chi connectivity index (χ1n) is 7.40. The molecule has 3 rings (SSSR count). The highest BCUT2D eigenvalue weighted by Crippen LogP contribution is 2.19. The van der Waals surface area contributed by atoms with Gasteiger partial charge in [-0.15, -0.1) is 5.10 Å². The largest absolute Gasteiger partial charge is 0.258 e. The van der Waals surface area contributed by atoms with Crippen LogP contribution in [-0.2, 0) is 10.0 Å². The molecule has 6 nitrogen and oxygen atoms in total. The maximum atomic E-state index is 12.1. The average molecular weight is 395 g/mol. The normalized spacial score (nSPS) is 11.6. The molecule has 0 spiro atoms. The predicted molar refractivity (Wildman–Crippen MR) is 99.2 cm³/mol. The lowest BCUT2D eigenvalue weighted by Gasteiger charge is -2.05. The van der Waals surface area contributed by atoms with Gasteiger partial charge in [0.1, 0.15) is 0 Å². The van der Waals surface area contributed by atoms with E-state index < -0.39 is 10.0 Å². The summed E-state index contributed by atoms with van der Waals surface area (Å²) < 4.78 is 26.8. The van der Waals surface area contributed by atoms with E-state index in [-0.39, 0.29) is 11.4 Å². The van der Waals surface area contributed by atoms with Gasteiger partial charge in [-0.2, -0.15) is 0 Å². The summed E-state index contributed by atoms with van der Waals surface area (Å²) in [5.41, 5.74) is 0.949. The molecule has 2 aromatic carbocycles. The van der Waals surface area contributed by atoms with Gasteiger partial charge in [-0.1, -0.05) is 53.7 Å². The van der Waals surface area contributed by atoms with Gasteiger partial charge >= 0.3 is 0 Å². The summed E-state index contributed by atoms with van der Waals surface area (Å²) >= 11 is 7.14. The van der Waals surface area contributed by atoms with Crippen LogP contribution in [0.25, 0.3) is 11.4 Å². The summed E-state index contributed by atoms with van der Waals surface area (Å²) in [4.78, 5) is 4.57. The standard InChI is InChI=1S/C16H15ClN4O2S2/c17-13-6-8-14(9-7-13)25(22,23)18-10-11-24-16-19-15(20-21-16)12-4-2-1-3-5-12/h1-9,18H,10-11H2,(H,19,20,21). The molecule has 0 atom stereocenters. The van der Waals surface area contributed by atoms with Crippen LogP contribution in [0.5, 0.6) is 0 Å². The van der Waals surface area contributed by atoms with Crippen molar-refractivity contribution in [3.8, 4) is 11.4 Å². The van der Waals surface area contributed by atoms with Crippen molar-refractivity contribution < 1.29 is 8.42 Å². The van der Waals surface area contributed by atoms with Crippen LogP contribution >= 0.6 is 23.4 Å². The van der Waals surface area contributed by atoms with Gasteiger partial charge in [0.05, 0.1) is 4.90 Å². The quantitative estimate of drug-likeness (QED) is 0.474. The number of hydrogen-bond acceptors (Lipinski definition) is 5. The lowest BCUT2D eigenvalue weighted by Crippen LogP contribution is -2.26. The second-order valence-electron chi connectivity index (χ2n) is 5.03. The number of halogens is 1. The highest BCUT2D eigenvalue weighted by molar-refractivity contribution is 7.99. The van der Waals surface area contributed by atoms with E-state index in [1.165, 1.54) is 23.9 Å². The Hall–Kier alpha value is -1.87. The fourth-order valence-corrected chi connectivity index (χ4v) is 3.99. The Labute approximate surface area is 155 Å². The zero-order valence-electron chi connectivity index (χ0n) is 13.0. The summed E-state index contributed by atoms with van der Waals surface area (Å²) in [5.74, 6) is 1.20.